The number of rotatable bonds is 7. The van der Waals surface area contributed by atoms with Crippen LogP contribution in [0.3, 0.4) is 0 Å². The van der Waals surface area contributed by atoms with Gasteiger partial charge >= 0.3 is 5.97 Å². The van der Waals surface area contributed by atoms with Crippen molar-refractivity contribution in [3.8, 4) is 0 Å². The average molecular weight is 486 g/mol. The van der Waals surface area contributed by atoms with Crippen LogP contribution in [0.4, 0.5) is 0 Å². The van der Waals surface area contributed by atoms with Crippen molar-refractivity contribution in [2.75, 3.05) is 24.7 Å². The van der Waals surface area contributed by atoms with Crippen LogP contribution in [0.25, 0.3) is 0 Å². The molecule has 0 aliphatic carbocycles. The summed E-state index contributed by atoms with van der Waals surface area (Å²) in [4.78, 5) is 30.8. The van der Waals surface area contributed by atoms with E-state index in [1.807, 2.05) is 13.8 Å². The van der Waals surface area contributed by atoms with Crippen molar-refractivity contribution in [1.82, 2.24) is 9.62 Å². The molecule has 0 bridgehead atoms. The zero-order valence-electron chi connectivity index (χ0n) is 18.1. The first-order chi connectivity index (χ1) is 14.9. The number of benzene rings is 1. The molecule has 0 radical (unpaired) electrons. The Hall–Kier alpha value is -2.47. The van der Waals surface area contributed by atoms with Gasteiger partial charge in [0.15, 0.2) is 16.4 Å². The van der Waals surface area contributed by atoms with Crippen LogP contribution >= 0.6 is 0 Å². The number of sulfone groups is 1. The number of amidine groups is 1. The average Bonchev–Trinajstić information content (AvgIpc) is 3.20. The van der Waals surface area contributed by atoms with Gasteiger partial charge in [-0.25, -0.2) is 21.6 Å². The van der Waals surface area contributed by atoms with Crippen molar-refractivity contribution in [3.05, 3.63) is 29.8 Å². The van der Waals surface area contributed by atoms with Gasteiger partial charge in [-0.05, 0) is 31.4 Å². The number of fused-ring (bicyclic) bond motifs is 1. The Bertz CT molecular complexity index is 1140. The second-order valence-corrected chi connectivity index (χ2v) is 12.2. The molecule has 32 heavy (non-hydrogen) atoms. The second kappa shape index (κ2) is 9.18. The number of esters is 1. The SMILES string of the molecule is CC(C)CN(C(=O)COC(=O)C(C)N=C1NS(=O)(=O)c2ccccc21)C1CCS(=O)(=O)C1. The maximum Gasteiger partial charge on any atom is 0.331 e. The van der Waals surface area contributed by atoms with Gasteiger partial charge in [-0.2, -0.15) is 0 Å². The summed E-state index contributed by atoms with van der Waals surface area (Å²) in [6, 6.07) is 4.77. The van der Waals surface area contributed by atoms with Crippen molar-refractivity contribution in [3.63, 3.8) is 0 Å². The molecule has 1 aromatic carbocycles. The molecule has 1 fully saturated rings. The summed E-state index contributed by atoms with van der Waals surface area (Å²) in [7, 11) is -6.91. The minimum atomic E-state index is -3.74. The highest BCUT2D eigenvalue weighted by Crippen LogP contribution is 2.23. The first-order valence-corrected chi connectivity index (χ1v) is 13.6. The van der Waals surface area contributed by atoms with E-state index in [4.69, 9.17) is 4.74 Å². The van der Waals surface area contributed by atoms with Crippen LogP contribution < -0.4 is 4.72 Å². The maximum absolute atomic E-state index is 12.7. The highest BCUT2D eigenvalue weighted by atomic mass is 32.2. The molecule has 0 aromatic heterocycles. The number of carbonyl (C=O) groups excluding carboxylic acids is 2. The molecule has 2 aliphatic heterocycles. The van der Waals surface area contributed by atoms with Gasteiger partial charge in [0.1, 0.15) is 11.9 Å². The lowest BCUT2D eigenvalue weighted by molar-refractivity contribution is -0.153. The molecule has 1 N–H and O–H groups in total. The fourth-order valence-electron chi connectivity index (χ4n) is 3.68. The quantitative estimate of drug-likeness (QED) is 0.549. The number of carbonyl (C=O) groups is 2. The zero-order valence-corrected chi connectivity index (χ0v) is 19.8. The molecule has 2 aliphatic rings. The lowest BCUT2D eigenvalue weighted by Crippen LogP contribution is -2.45. The fourth-order valence-corrected chi connectivity index (χ4v) is 6.65. The Morgan fingerprint density at radius 2 is 1.88 bits per heavy atom. The summed E-state index contributed by atoms with van der Waals surface area (Å²) in [5.41, 5.74) is 0.355. The first kappa shape index (κ1) is 24.2. The first-order valence-electron chi connectivity index (χ1n) is 10.3. The van der Waals surface area contributed by atoms with Crippen LogP contribution in [-0.2, 0) is 34.2 Å². The molecule has 3 rings (SSSR count). The lowest BCUT2D eigenvalue weighted by atomic mass is 10.1. The number of hydrogen-bond donors (Lipinski definition) is 1. The Labute approximate surface area is 188 Å². The highest BCUT2D eigenvalue weighted by Gasteiger charge is 2.35. The number of hydrogen-bond acceptors (Lipinski definition) is 8. The Morgan fingerprint density at radius 3 is 2.50 bits per heavy atom. The van der Waals surface area contributed by atoms with Crippen molar-refractivity contribution in [1.29, 1.82) is 0 Å². The molecule has 10 nitrogen and oxygen atoms in total. The summed E-state index contributed by atoms with van der Waals surface area (Å²) >= 11 is 0. The molecule has 2 heterocycles. The fraction of sp³-hybridized carbons (Fsp3) is 0.550. The van der Waals surface area contributed by atoms with Gasteiger partial charge in [0.2, 0.25) is 0 Å². The van der Waals surface area contributed by atoms with Crippen LogP contribution in [0.2, 0.25) is 0 Å². The topological polar surface area (TPSA) is 139 Å². The molecule has 0 saturated carbocycles. The van der Waals surface area contributed by atoms with Gasteiger partial charge in [-0.1, -0.05) is 26.0 Å². The van der Waals surface area contributed by atoms with E-state index in [1.165, 1.54) is 17.9 Å². The largest absolute Gasteiger partial charge is 0.454 e. The molecule has 1 saturated heterocycles. The molecule has 0 spiro atoms. The normalized spacial score (nSPS) is 22.9. The minimum absolute atomic E-state index is 0.0330. The monoisotopic (exact) mass is 485 g/mol. The van der Waals surface area contributed by atoms with Gasteiger partial charge in [-0.3, -0.25) is 14.5 Å². The Kier molecular flexibility index (Phi) is 6.94. The summed E-state index contributed by atoms with van der Waals surface area (Å²) in [5.74, 6) is -1.18. The van der Waals surface area contributed by atoms with E-state index in [1.54, 1.807) is 18.2 Å². The number of ether oxygens (including phenoxy) is 1. The third-order valence-corrected chi connectivity index (χ3v) is 8.34. The molecule has 176 valence electrons. The predicted molar refractivity (Wildman–Crippen MR) is 117 cm³/mol. The van der Waals surface area contributed by atoms with Crippen LogP contribution in [0, 0.1) is 5.92 Å². The Balaban J connectivity index is 1.65. The summed E-state index contributed by atoms with van der Waals surface area (Å²) in [6.07, 6.45) is 0.359. The molecular formula is C20H27N3O7S2. The standard InChI is InChI=1S/C20H27N3O7S2/c1-13(2)10-23(15-8-9-31(26,27)12-15)18(24)11-30-20(25)14(3)21-19-16-6-4-5-7-17(16)32(28,29)22-19/h4-7,13-15H,8-12H2,1-3H3,(H,21,22). The minimum Gasteiger partial charge on any atom is -0.454 e. The number of nitrogens with zero attached hydrogens (tertiary/aromatic N) is 2. The van der Waals surface area contributed by atoms with Crippen LogP contribution in [0.5, 0.6) is 0 Å². The maximum atomic E-state index is 12.7. The van der Waals surface area contributed by atoms with Gasteiger partial charge in [0, 0.05) is 18.2 Å². The van der Waals surface area contributed by atoms with E-state index in [0.29, 0.717) is 18.5 Å². The summed E-state index contributed by atoms with van der Waals surface area (Å²) in [5, 5.41) is 0. The van der Waals surface area contributed by atoms with E-state index in [-0.39, 0.29) is 28.2 Å². The number of nitrogens with one attached hydrogen (secondary N) is 1. The van der Waals surface area contributed by atoms with Gasteiger partial charge in [-0.15, -0.1) is 0 Å². The number of aliphatic imine (C=N–C) groups is 1. The van der Waals surface area contributed by atoms with Crippen LogP contribution in [-0.4, -0.2) is 76.2 Å². The van der Waals surface area contributed by atoms with Crippen LogP contribution in [0.15, 0.2) is 34.2 Å². The third-order valence-electron chi connectivity index (χ3n) is 5.20. The smallest absolute Gasteiger partial charge is 0.331 e. The lowest BCUT2D eigenvalue weighted by Gasteiger charge is -2.29. The second-order valence-electron chi connectivity index (χ2n) is 8.36. The van der Waals surface area contributed by atoms with Gasteiger partial charge in [0.25, 0.3) is 15.9 Å². The molecule has 2 atom stereocenters. The van der Waals surface area contributed by atoms with Crippen LogP contribution in [0.1, 0.15) is 32.8 Å². The summed E-state index contributed by atoms with van der Waals surface area (Å²) in [6.45, 7) is 5.07. The van der Waals surface area contributed by atoms with E-state index >= 15 is 0 Å². The van der Waals surface area contributed by atoms with Crippen molar-refractivity contribution in [2.45, 2.75) is 44.2 Å². The molecular weight excluding hydrogens is 458 g/mol. The van der Waals surface area contributed by atoms with Gasteiger partial charge in [0.05, 0.1) is 16.4 Å². The summed E-state index contributed by atoms with van der Waals surface area (Å²) < 4.78 is 55.4. The van der Waals surface area contributed by atoms with Crippen molar-refractivity contribution < 1.29 is 31.2 Å². The Morgan fingerprint density at radius 1 is 1.19 bits per heavy atom. The predicted octanol–water partition coefficient (Wildman–Crippen LogP) is 0.329. The zero-order chi connectivity index (χ0) is 23.7. The van der Waals surface area contributed by atoms with E-state index in [2.05, 4.69) is 9.71 Å². The number of sulfonamides is 1. The third kappa shape index (κ3) is 5.47. The van der Waals surface area contributed by atoms with Gasteiger partial charge < -0.3 is 9.64 Å². The van der Waals surface area contributed by atoms with E-state index in [0.717, 1.165) is 0 Å². The molecule has 1 aromatic rings. The van der Waals surface area contributed by atoms with Crippen molar-refractivity contribution >= 4 is 37.6 Å². The number of amides is 1. The molecule has 12 heteroatoms. The highest BCUT2D eigenvalue weighted by molar-refractivity contribution is 7.91. The van der Waals surface area contributed by atoms with E-state index in [9.17, 15) is 26.4 Å². The van der Waals surface area contributed by atoms with Crippen molar-refractivity contribution in [2.24, 2.45) is 10.9 Å². The van der Waals surface area contributed by atoms with E-state index < -0.39 is 50.4 Å². The molecule has 2 unspecified atom stereocenters. The molecule has 1 amide bonds.